The summed E-state index contributed by atoms with van der Waals surface area (Å²) in [6.07, 6.45) is 0. The zero-order chi connectivity index (χ0) is 23.5. The summed E-state index contributed by atoms with van der Waals surface area (Å²) < 4.78 is 2.37. The molecule has 1 atom stereocenters. The van der Waals surface area contributed by atoms with E-state index in [1.54, 1.807) is 0 Å². The molecule has 0 saturated carbocycles. The van der Waals surface area contributed by atoms with Crippen molar-refractivity contribution in [2.75, 3.05) is 0 Å². The van der Waals surface area contributed by atoms with Crippen LogP contribution in [0.1, 0.15) is 11.1 Å². The van der Waals surface area contributed by atoms with Crippen LogP contribution < -0.4 is 5.30 Å². The van der Waals surface area contributed by atoms with Gasteiger partial charge in [0.15, 0.2) is 0 Å². The molecule has 0 N–H and O–H groups in total. The van der Waals surface area contributed by atoms with Gasteiger partial charge in [0.05, 0.1) is 0 Å². The fourth-order valence-electron chi connectivity index (χ4n) is 3.15. The normalized spacial score (nSPS) is 9.59. The van der Waals surface area contributed by atoms with Gasteiger partial charge in [0, 0.05) is 0 Å². The Bertz CT molecular complexity index is 1150. The number of halogens is 4. The molecule has 0 aromatic heterocycles. The summed E-state index contributed by atoms with van der Waals surface area (Å²) in [5, 5.41) is 6.49. The number of rotatable bonds is 0. The molecule has 164 valence electrons. The second-order valence-corrected chi connectivity index (χ2v) is 13.1. The molecular formula is C26H23Br2Cl2PZr. The molecule has 0 aliphatic rings. The Labute approximate surface area is 228 Å². The van der Waals surface area contributed by atoms with Crippen LogP contribution in [-0.4, -0.2) is 0 Å². The molecule has 0 spiro atoms. The van der Waals surface area contributed by atoms with E-state index >= 15 is 0 Å². The van der Waals surface area contributed by atoms with Crippen LogP contribution in [0.25, 0.3) is 21.5 Å². The number of fused-ring (bicyclic) bond motifs is 2. The topological polar surface area (TPSA) is 0 Å². The summed E-state index contributed by atoms with van der Waals surface area (Å²) >= 11 is 6.19. The molecule has 0 heterocycles. The summed E-state index contributed by atoms with van der Waals surface area (Å²) in [4.78, 5) is 0. The Morgan fingerprint density at radius 2 is 1.09 bits per heavy atom. The van der Waals surface area contributed by atoms with E-state index in [-0.39, 0.29) is 0 Å². The van der Waals surface area contributed by atoms with Crippen LogP contribution in [-0.2, 0) is 20.8 Å². The van der Waals surface area contributed by atoms with Gasteiger partial charge in [0.1, 0.15) is 0 Å². The number of aryl methyl sites for hydroxylation is 2. The van der Waals surface area contributed by atoms with E-state index in [4.69, 9.17) is 17.0 Å². The molecule has 0 amide bonds. The molecule has 5 aromatic carbocycles. The molecule has 0 nitrogen and oxygen atoms in total. The second-order valence-electron chi connectivity index (χ2n) is 7.03. The van der Waals surface area contributed by atoms with Gasteiger partial charge in [0.25, 0.3) is 0 Å². The first-order chi connectivity index (χ1) is 15.3. The maximum atomic E-state index is 4.93. The van der Waals surface area contributed by atoms with Gasteiger partial charge in [-0.25, -0.2) is 0 Å². The molecule has 0 bridgehead atoms. The Kier molecular flexibility index (Phi) is 13.0. The maximum absolute atomic E-state index is 4.93. The minimum atomic E-state index is -0.826. The summed E-state index contributed by atoms with van der Waals surface area (Å²) in [7, 11) is 12.5. The summed E-state index contributed by atoms with van der Waals surface area (Å²) in [5.74, 6) is 0. The van der Waals surface area contributed by atoms with Crippen molar-refractivity contribution in [3.63, 3.8) is 0 Å². The molecule has 0 fully saturated rings. The van der Waals surface area contributed by atoms with Crippen molar-refractivity contribution in [2.24, 2.45) is 0 Å². The van der Waals surface area contributed by atoms with Crippen molar-refractivity contribution in [3.8, 4) is 0 Å². The quantitative estimate of drug-likeness (QED) is 0.112. The number of benzene rings is 3. The Morgan fingerprint density at radius 1 is 0.688 bits per heavy atom. The third-order valence-corrected chi connectivity index (χ3v) is 6.25. The van der Waals surface area contributed by atoms with E-state index in [9.17, 15) is 0 Å². The fraction of sp³-hybridized carbons (Fsp3) is 0.0769. The molecule has 0 aliphatic heterocycles. The van der Waals surface area contributed by atoms with Crippen molar-refractivity contribution in [1.29, 1.82) is 0 Å². The van der Waals surface area contributed by atoms with E-state index < -0.39 is 20.8 Å². The van der Waals surface area contributed by atoms with Gasteiger partial charge in [-0.15, -0.1) is 78.3 Å². The van der Waals surface area contributed by atoms with Gasteiger partial charge in [-0.3, -0.25) is 0 Å². The van der Waals surface area contributed by atoms with Crippen molar-refractivity contribution in [3.05, 3.63) is 111 Å². The van der Waals surface area contributed by atoms with Crippen LogP contribution in [0.3, 0.4) is 0 Å². The van der Waals surface area contributed by atoms with Gasteiger partial charge >= 0.3 is 37.9 Å². The predicted octanol–water partition coefficient (Wildman–Crippen LogP) is 9.82. The van der Waals surface area contributed by atoms with Crippen molar-refractivity contribution in [1.82, 2.24) is 0 Å². The number of hydrogen-bond donors (Lipinski definition) is 0. The molecule has 5 rings (SSSR count). The van der Waals surface area contributed by atoms with Crippen molar-refractivity contribution >= 4 is 85.0 Å². The Morgan fingerprint density at radius 3 is 1.41 bits per heavy atom. The Balaban J connectivity index is 0.000000164. The van der Waals surface area contributed by atoms with Gasteiger partial charge < -0.3 is 0 Å². The van der Waals surface area contributed by atoms with Crippen molar-refractivity contribution in [2.45, 2.75) is 13.8 Å². The van der Waals surface area contributed by atoms with E-state index in [0.717, 1.165) is 0 Å². The predicted molar refractivity (Wildman–Crippen MR) is 151 cm³/mol. The van der Waals surface area contributed by atoms with Crippen LogP contribution in [0.2, 0.25) is 0 Å². The number of hydrogen-bond acceptors (Lipinski definition) is 0. The van der Waals surface area contributed by atoms with Crippen LogP contribution in [0.5, 0.6) is 0 Å². The fourth-order valence-corrected chi connectivity index (χ4v) is 4.36. The molecule has 0 radical (unpaired) electrons. The molecule has 0 saturated heterocycles. The Hall–Kier alpha value is -0.267. The summed E-state index contributed by atoms with van der Waals surface area (Å²) in [5.41, 5.74) is 2.65. The van der Waals surface area contributed by atoms with E-state index in [1.807, 2.05) is 30.3 Å². The molecule has 0 aliphatic carbocycles. The summed E-state index contributed by atoms with van der Waals surface area (Å²) in [6, 6.07) is 31.4. The van der Waals surface area contributed by atoms with Gasteiger partial charge in [-0.2, -0.15) is 12.1 Å². The summed E-state index contributed by atoms with van der Waals surface area (Å²) in [6.45, 7) is 4.24. The third kappa shape index (κ3) is 9.17. The molecule has 1 unspecified atom stereocenters. The average Bonchev–Trinajstić information content (AvgIpc) is 3.33. The first kappa shape index (κ1) is 28.0. The molecule has 32 heavy (non-hydrogen) atoms. The van der Waals surface area contributed by atoms with Gasteiger partial charge in [0.2, 0.25) is 0 Å². The van der Waals surface area contributed by atoms with Crippen LogP contribution in [0.4, 0.5) is 0 Å². The van der Waals surface area contributed by atoms with Gasteiger partial charge in [-0.1, -0.05) is 88.2 Å². The van der Waals surface area contributed by atoms with E-state index in [2.05, 4.69) is 116 Å². The van der Waals surface area contributed by atoms with Crippen LogP contribution >= 0.6 is 58.1 Å². The third-order valence-electron chi connectivity index (χ3n) is 4.48. The molecule has 5 aromatic rings. The standard InChI is InChI=1S/2C10H8Br.C6H7P.2ClH.Zr/c2*1-7-5-8-3-2-4-10(11)9(8)6-7;7-6-4-2-1-3-5-6;;;/h2*2-6H,1H3;1-5H,7H2;2*1H;/q2*-1;;;;+4/p-2. The molecular weight excluding hydrogens is 665 g/mol. The minimum absolute atomic E-state index is 0.826. The van der Waals surface area contributed by atoms with E-state index in [0.29, 0.717) is 0 Å². The monoisotopic (exact) mass is 684 g/mol. The SMILES string of the molecule is Cc1cc2c(Br)cccc2[cH-]1.Cc1cc2c(Br)cccc2[cH-]1.Pc1ccccc1.[Cl][Zr+2][Cl]. The van der Waals surface area contributed by atoms with Crippen LogP contribution in [0, 0.1) is 13.8 Å². The average molecular weight is 688 g/mol. The van der Waals surface area contributed by atoms with Gasteiger partial charge in [-0.05, 0) is 14.2 Å². The zero-order valence-electron chi connectivity index (χ0n) is 17.7. The second kappa shape index (κ2) is 14.9. The first-order valence-corrected chi connectivity index (χ1v) is 18.2. The van der Waals surface area contributed by atoms with Crippen molar-refractivity contribution < 1.29 is 20.8 Å². The first-order valence-electron chi connectivity index (χ1n) is 9.75. The van der Waals surface area contributed by atoms with E-state index in [1.165, 1.54) is 46.9 Å². The van der Waals surface area contributed by atoms with Crippen LogP contribution in [0.15, 0.2) is 99.9 Å². The zero-order valence-corrected chi connectivity index (χ0v) is 26.0. The molecule has 6 heteroatoms.